The molecule has 17 heavy (non-hydrogen) atoms. The Hall–Kier alpha value is -0.960. The van der Waals surface area contributed by atoms with Gasteiger partial charge in [-0.25, -0.2) is 0 Å². The average Bonchev–Trinajstić information content (AvgIpc) is 2.30. The Morgan fingerprint density at radius 1 is 1.35 bits per heavy atom. The minimum absolute atomic E-state index is 0.246. The molecule has 0 heterocycles. The number of carbonyl (C=O) groups is 1. The normalized spacial score (nSPS) is 12.4. The molecule has 0 saturated carbocycles. The lowest BCUT2D eigenvalue weighted by atomic mass is 9.95. The summed E-state index contributed by atoms with van der Waals surface area (Å²) < 4.78 is 0. The molecule has 1 rings (SSSR count). The Kier molecular flexibility index (Phi) is 6.12. The van der Waals surface area contributed by atoms with E-state index in [0.717, 1.165) is 24.2 Å². The van der Waals surface area contributed by atoms with Crippen LogP contribution in [0, 0.1) is 12.8 Å². The first-order chi connectivity index (χ1) is 8.13. The molecule has 0 aliphatic rings. The van der Waals surface area contributed by atoms with E-state index in [4.69, 9.17) is 0 Å². The Bertz CT molecular complexity index is 346. The van der Waals surface area contributed by atoms with Crippen molar-refractivity contribution in [1.29, 1.82) is 0 Å². The van der Waals surface area contributed by atoms with E-state index < -0.39 is 5.97 Å². The highest BCUT2D eigenvalue weighted by atomic mass is 32.2. The largest absolute Gasteiger partial charge is 0.481 e. The number of thioether (sulfide) groups is 1. The van der Waals surface area contributed by atoms with Gasteiger partial charge in [0.25, 0.3) is 0 Å². The lowest BCUT2D eigenvalue weighted by Crippen LogP contribution is -2.16. The van der Waals surface area contributed by atoms with Crippen molar-refractivity contribution in [3.63, 3.8) is 0 Å². The van der Waals surface area contributed by atoms with Crippen LogP contribution in [0.2, 0.25) is 0 Å². The van der Waals surface area contributed by atoms with Crippen molar-refractivity contribution in [2.75, 3.05) is 12.0 Å². The van der Waals surface area contributed by atoms with Gasteiger partial charge in [-0.15, -0.1) is 0 Å². The predicted octanol–water partition coefficient (Wildman–Crippen LogP) is 3.38. The van der Waals surface area contributed by atoms with Crippen molar-refractivity contribution in [3.8, 4) is 0 Å². The Morgan fingerprint density at radius 3 is 2.53 bits per heavy atom. The number of carboxylic acid groups (broad SMARTS) is 1. The highest BCUT2D eigenvalue weighted by Crippen LogP contribution is 2.16. The fraction of sp³-hybridized carbons (Fsp3) is 0.500. The summed E-state index contributed by atoms with van der Waals surface area (Å²) in [5, 5.41) is 9.18. The molecule has 0 aliphatic heterocycles. The van der Waals surface area contributed by atoms with E-state index in [1.807, 2.05) is 31.2 Å². The number of hydrogen-bond donors (Lipinski definition) is 1. The van der Waals surface area contributed by atoms with Crippen molar-refractivity contribution in [2.24, 2.45) is 5.92 Å². The maximum Gasteiger partial charge on any atom is 0.306 e. The van der Waals surface area contributed by atoms with Crippen LogP contribution in [0.1, 0.15) is 24.0 Å². The Balaban J connectivity index is 2.54. The predicted molar refractivity (Wildman–Crippen MR) is 73.6 cm³/mol. The van der Waals surface area contributed by atoms with Crippen molar-refractivity contribution >= 4 is 17.7 Å². The minimum Gasteiger partial charge on any atom is -0.481 e. The van der Waals surface area contributed by atoms with Gasteiger partial charge >= 0.3 is 5.97 Å². The van der Waals surface area contributed by atoms with Gasteiger partial charge < -0.3 is 5.11 Å². The summed E-state index contributed by atoms with van der Waals surface area (Å²) in [6.07, 6.45) is 4.44. The zero-order chi connectivity index (χ0) is 12.7. The van der Waals surface area contributed by atoms with Crippen LogP contribution in [-0.2, 0) is 11.2 Å². The molecule has 0 radical (unpaired) electrons. The van der Waals surface area contributed by atoms with Gasteiger partial charge in [-0.1, -0.05) is 29.8 Å². The fourth-order valence-electron chi connectivity index (χ4n) is 1.80. The second-order valence-corrected chi connectivity index (χ2v) is 5.35. The van der Waals surface area contributed by atoms with E-state index in [1.54, 1.807) is 11.8 Å². The quantitative estimate of drug-likeness (QED) is 0.756. The van der Waals surface area contributed by atoms with Crippen LogP contribution in [0.3, 0.4) is 0 Å². The molecule has 1 unspecified atom stereocenters. The molecule has 0 spiro atoms. The van der Waals surface area contributed by atoms with E-state index in [0.29, 0.717) is 6.42 Å². The number of hydrogen-bond acceptors (Lipinski definition) is 2. The topological polar surface area (TPSA) is 37.3 Å². The number of aliphatic carboxylic acids is 1. The molecule has 0 saturated heterocycles. The van der Waals surface area contributed by atoms with Crippen LogP contribution in [0.25, 0.3) is 0 Å². The summed E-state index contributed by atoms with van der Waals surface area (Å²) >= 11 is 1.77. The third kappa shape index (κ3) is 5.26. The molecule has 1 atom stereocenters. The summed E-state index contributed by atoms with van der Waals surface area (Å²) in [5.74, 6) is 0.119. The van der Waals surface area contributed by atoms with Gasteiger partial charge in [-0.2, -0.15) is 11.8 Å². The number of carboxylic acids is 1. The number of aryl methyl sites for hydroxylation is 1. The fourth-order valence-corrected chi connectivity index (χ4v) is 2.25. The smallest absolute Gasteiger partial charge is 0.306 e. The molecule has 94 valence electrons. The van der Waals surface area contributed by atoms with Crippen LogP contribution in [0.5, 0.6) is 0 Å². The molecule has 1 aromatic carbocycles. The maximum atomic E-state index is 11.2. The van der Waals surface area contributed by atoms with Crippen molar-refractivity contribution in [3.05, 3.63) is 35.4 Å². The van der Waals surface area contributed by atoms with Gasteiger partial charge in [0, 0.05) is 0 Å². The molecule has 0 aliphatic carbocycles. The average molecular weight is 252 g/mol. The van der Waals surface area contributed by atoms with Crippen LogP contribution in [0.4, 0.5) is 0 Å². The van der Waals surface area contributed by atoms with E-state index in [9.17, 15) is 9.90 Å². The zero-order valence-electron chi connectivity index (χ0n) is 10.5. The van der Waals surface area contributed by atoms with Gasteiger partial charge in [-0.3, -0.25) is 4.79 Å². The van der Waals surface area contributed by atoms with Crippen LogP contribution in [-0.4, -0.2) is 23.1 Å². The lowest BCUT2D eigenvalue weighted by Gasteiger charge is -2.12. The molecular weight excluding hydrogens is 232 g/mol. The summed E-state index contributed by atoms with van der Waals surface area (Å²) in [6, 6.07) is 8.13. The van der Waals surface area contributed by atoms with Crippen LogP contribution in [0.15, 0.2) is 24.3 Å². The van der Waals surface area contributed by atoms with Gasteiger partial charge in [0.15, 0.2) is 0 Å². The first-order valence-corrected chi connectivity index (χ1v) is 7.30. The van der Waals surface area contributed by atoms with E-state index in [2.05, 4.69) is 6.26 Å². The first-order valence-electron chi connectivity index (χ1n) is 5.90. The summed E-state index contributed by atoms with van der Waals surface area (Å²) in [4.78, 5) is 11.2. The monoisotopic (exact) mass is 252 g/mol. The summed E-state index contributed by atoms with van der Waals surface area (Å²) in [5.41, 5.74) is 2.33. The van der Waals surface area contributed by atoms with Crippen molar-refractivity contribution in [2.45, 2.75) is 26.2 Å². The van der Waals surface area contributed by atoms with Crippen LogP contribution >= 0.6 is 11.8 Å². The lowest BCUT2D eigenvalue weighted by molar-refractivity contribution is -0.141. The number of benzene rings is 1. The molecule has 0 amide bonds. The molecule has 1 aromatic rings. The van der Waals surface area contributed by atoms with E-state index in [1.165, 1.54) is 5.56 Å². The van der Waals surface area contributed by atoms with Gasteiger partial charge in [0.2, 0.25) is 0 Å². The standard InChI is InChI=1S/C14H20O2S/c1-11-5-7-12(8-6-11)10-13(14(15)16)4-3-9-17-2/h5-8,13H,3-4,9-10H2,1-2H3,(H,15,16). The Labute approximate surface area is 107 Å². The molecule has 1 N–H and O–H groups in total. The van der Waals surface area contributed by atoms with Gasteiger partial charge in [-0.05, 0) is 43.8 Å². The van der Waals surface area contributed by atoms with Gasteiger partial charge in [0.1, 0.15) is 0 Å². The summed E-state index contributed by atoms with van der Waals surface area (Å²) in [7, 11) is 0. The molecular formula is C14H20O2S. The molecule has 2 nitrogen and oxygen atoms in total. The molecule has 0 fully saturated rings. The minimum atomic E-state index is -0.674. The third-order valence-electron chi connectivity index (χ3n) is 2.85. The molecule has 0 bridgehead atoms. The van der Waals surface area contributed by atoms with Crippen molar-refractivity contribution in [1.82, 2.24) is 0 Å². The highest BCUT2D eigenvalue weighted by molar-refractivity contribution is 7.98. The zero-order valence-corrected chi connectivity index (χ0v) is 11.3. The molecule has 3 heteroatoms. The summed E-state index contributed by atoms with van der Waals surface area (Å²) in [6.45, 7) is 2.04. The number of rotatable bonds is 7. The van der Waals surface area contributed by atoms with Crippen LogP contribution < -0.4 is 0 Å². The first kappa shape index (κ1) is 14.1. The second-order valence-electron chi connectivity index (χ2n) is 4.36. The van der Waals surface area contributed by atoms with E-state index in [-0.39, 0.29) is 5.92 Å². The van der Waals surface area contributed by atoms with Crippen molar-refractivity contribution < 1.29 is 9.90 Å². The Morgan fingerprint density at radius 2 is 2.00 bits per heavy atom. The molecule has 0 aromatic heterocycles. The SMILES string of the molecule is CSCCCC(Cc1ccc(C)cc1)C(=O)O. The second kappa shape index (κ2) is 7.38. The highest BCUT2D eigenvalue weighted by Gasteiger charge is 2.17. The third-order valence-corrected chi connectivity index (χ3v) is 3.55. The maximum absolute atomic E-state index is 11.2. The van der Waals surface area contributed by atoms with E-state index >= 15 is 0 Å². The van der Waals surface area contributed by atoms with Gasteiger partial charge in [0.05, 0.1) is 5.92 Å².